The van der Waals surface area contributed by atoms with Gasteiger partial charge in [0.15, 0.2) is 0 Å². The lowest BCUT2D eigenvalue weighted by Crippen LogP contribution is -2.24. The van der Waals surface area contributed by atoms with Crippen LogP contribution in [0.4, 0.5) is 4.39 Å². The zero-order valence-electron chi connectivity index (χ0n) is 11.2. The summed E-state index contributed by atoms with van der Waals surface area (Å²) in [5.74, 6) is 0.762. The Morgan fingerprint density at radius 3 is 3.00 bits per heavy atom. The maximum Gasteiger partial charge on any atom is 0.230 e. The van der Waals surface area contributed by atoms with E-state index in [1.807, 2.05) is 11.0 Å². The van der Waals surface area contributed by atoms with Gasteiger partial charge in [0.1, 0.15) is 5.82 Å². The Bertz CT molecular complexity index is 602. The molecular weight excluding hydrogens is 261 g/mol. The molecule has 106 valence electrons. The molecule has 3 rings (SSSR count). The molecular formula is C14H16FN3O2. The lowest BCUT2D eigenvalue weighted by Gasteiger charge is -2.22. The predicted octanol–water partition coefficient (Wildman–Crippen LogP) is 1.83. The van der Waals surface area contributed by atoms with Crippen LogP contribution in [-0.2, 0) is 6.54 Å². The predicted molar refractivity (Wildman–Crippen MR) is 69.2 cm³/mol. The first-order valence-corrected chi connectivity index (χ1v) is 6.58. The molecule has 0 aliphatic carbocycles. The van der Waals surface area contributed by atoms with Gasteiger partial charge >= 0.3 is 0 Å². The fraction of sp³-hybridized carbons (Fsp3) is 0.429. The van der Waals surface area contributed by atoms with Crippen molar-refractivity contribution in [3.8, 4) is 0 Å². The molecule has 0 amide bonds. The van der Waals surface area contributed by atoms with Gasteiger partial charge in [0.2, 0.25) is 11.8 Å². The molecule has 0 saturated carbocycles. The summed E-state index contributed by atoms with van der Waals surface area (Å²) in [6, 6.07) is 6.45. The number of likely N-dealkylation sites (tertiary alicyclic amines) is 1. The molecule has 5 nitrogen and oxygen atoms in total. The lowest BCUT2D eigenvalue weighted by molar-refractivity contribution is 0.167. The summed E-state index contributed by atoms with van der Waals surface area (Å²) in [5.41, 5.74) is 0.859. The number of rotatable bonds is 3. The minimum absolute atomic E-state index is 0.0343. The molecule has 2 aromatic rings. The van der Waals surface area contributed by atoms with Crippen molar-refractivity contribution in [2.24, 2.45) is 0 Å². The smallest absolute Gasteiger partial charge is 0.230 e. The highest BCUT2D eigenvalue weighted by Gasteiger charge is 2.33. The second-order valence-corrected chi connectivity index (χ2v) is 5.10. The van der Waals surface area contributed by atoms with Crippen LogP contribution in [0.3, 0.4) is 0 Å². The number of aliphatic hydroxyl groups is 1. The van der Waals surface area contributed by atoms with Crippen LogP contribution in [0.2, 0.25) is 0 Å². The second-order valence-electron chi connectivity index (χ2n) is 5.10. The van der Waals surface area contributed by atoms with Gasteiger partial charge in [-0.3, -0.25) is 4.90 Å². The van der Waals surface area contributed by atoms with E-state index in [1.165, 1.54) is 12.1 Å². The van der Waals surface area contributed by atoms with Gasteiger partial charge in [-0.1, -0.05) is 12.1 Å². The number of benzene rings is 1. The third-order valence-electron chi connectivity index (χ3n) is 3.52. The molecule has 2 atom stereocenters. The summed E-state index contributed by atoms with van der Waals surface area (Å²) in [5, 5.41) is 17.6. The van der Waals surface area contributed by atoms with E-state index in [2.05, 4.69) is 10.2 Å². The Hall–Kier alpha value is -1.79. The number of hydrogen-bond acceptors (Lipinski definition) is 5. The van der Waals surface area contributed by atoms with Crippen LogP contribution >= 0.6 is 0 Å². The van der Waals surface area contributed by atoms with Crippen LogP contribution in [0.15, 0.2) is 28.7 Å². The molecule has 0 bridgehead atoms. The van der Waals surface area contributed by atoms with Gasteiger partial charge in [-0.05, 0) is 24.1 Å². The van der Waals surface area contributed by atoms with E-state index in [-0.39, 0.29) is 11.9 Å². The Balaban J connectivity index is 1.81. The summed E-state index contributed by atoms with van der Waals surface area (Å²) in [6.45, 7) is 2.71. The van der Waals surface area contributed by atoms with Crippen LogP contribution < -0.4 is 0 Å². The van der Waals surface area contributed by atoms with Crippen LogP contribution in [-0.4, -0.2) is 32.9 Å². The average molecular weight is 277 g/mol. The minimum atomic E-state index is -0.424. The van der Waals surface area contributed by atoms with Gasteiger partial charge in [0.25, 0.3) is 0 Å². The molecule has 20 heavy (non-hydrogen) atoms. The molecule has 1 aromatic heterocycles. The van der Waals surface area contributed by atoms with Crippen molar-refractivity contribution in [3.05, 3.63) is 47.4 Å². The highest BCUT2D eigenvalue weighted by Crippen LogP contribution is 2.33. The molecule has 2 heterocycles. The maximum atomic E-state index is 13.4. The lowest BCUT2D eigenvalue weighted by atomic mass is 10.0. The van der Waals surface area contributed by atoms with Gasteiger partial charge in [0, 0.05) is 19.5 Å². The van der Waals surface area contributed by atoms with Crippen molar-refractivity contribution in [3.63, 3.8) is 0 Å². The molecule has 1 N–H and O–H groups in total. The summed E-state index contributed by atoms with van der Waals surface area (Å²) in [4.78, 5) is 2.03. The van der Waals surface area contributed by atoms with Gasteiger partial charge in [-0.15, -0.1) is 10.2 Å². The first-order chi connectivity index (χ1) is 9.61. The topological polar surface area (TPSA) is 62.4 Å². The van der Waals surface area contributed by atoms with Crippen molar-refractivity contribution in [2.75, 3.05) is 6.54 Å². The molecule has 6 heteroatoms. The van der Waals surface area contributed by atoms with E-state index in [1.54, 1.807) is 13.0 Å². The first kappa shape index (κ1) is 13.2. The van der Waals surface area contributed by atoms with Gasteiger partial charge in [-0.25, -0.2) is 4.39 Å². The van der Waals surface area contributed by atoms with E-state index in [4.69, 9.17) is 4.42 Å². The number of aliphatic hydroxyl groups excluding tert-OH is 1. The van der Waals surface area contributed by atoms with Crippen LogP contribution in [0.25, 0.3) is 0 Å². The number of aryl methyl sites for hydroxylation is 1. The standard InChI is InChI=1S/C14H16FN3O2/c1-9-16-17-14(20-9)8-18-7-12(19)6-13(18)10-3-2-4-11(15)5-10/h2-5,12-13,19H,6-8H2,1H3/t12-,13-/m1/s1. The SMILES string of the molecule is Cc1nnc(CN2C[C@H](O)C[C@@H]2c2cccc(F)c2)o1. The zero-order chi connectivity index (χ0) is 14.1. The Morgan fingerprint density at radius 2 is 2.30 bits per heavy atom. The normalized spacial score (nSPS) is 23.4. The quantitative estimate of drug-likeness (QED) is 0.927. The monoisotopic (exact) mass is 277 g/mol. The highest BCUT2D eigenvalue weighted by atomic mass is 19.1. The van der Waals surface area contributed by atoms with Crippen LogP contribution in [0.5, 0.6) is 0 Å². The molecule has 1 aliphatic heterocycles. The van der Waals surface area contributed by atoms with Gasteiger partial charge in [-0.2, -0.15) is 0 Å². The van der Waals surface area contributed by atoms with E-state index in [9.17, 15) is 9.50 Å². The molecule has 0 unspecified atom stereocenters. The maximum absolute atomic E-state index is 13.4. The number of β-amino-alcohol motifs (C(OH)–C–C–N with tert-alkyl or cyclic N) is 1. The summed E-state index contributed by atoms with van der Waals surface area (Å²) < 4.78 is 18.7. The Morgan fingerprint density at radius 1 is 1.45 bits per heavy atom. The molecule has 1 saturated heterocycles. The molecule has 1 fully saturated rings. The number of aromatic nitrogens is 2. The van der Waals surface area contributed by atoms with Gasteiger partial charge in [0.05, 0.1) is 12.6 Å². The Kier molecular flexibility index (Phi) is 3.50. The largest absolute Gasteiger partial charge is 0.424 e. The Labute approximate surface area is 116 Å². The molecule has 0 spiro atoms. The molecule has 1 aromatic carbocycles. The fourth-order valence-electron chi connectivity index (χ4n) is 2.69. The van der Waals surface area contributed by atoms with Crippen molar-refractivity contribution in [2.45, 2.75) is 32.0 Å². The molecule has 1 aliphatic rings. The highest BCUT2D eigenvalue weighted by molar-refractivity contribution is 5.21. The number of halogens is 1. The van der Waals surface area contributed by atoms with Gasteiger partial charge < -0.3 is 9.52 Å². The van der Waals surface area contributed by atoms with Crippen molar-refractivity contribution < 1.29 is 13.9 Å². The number of hydrogen-bond donors (Lipinski definition) is 1. The molecule has 0 radical (unpaired) electrons. The minimum Gasteiger partial charge on any atom is -0.424 e. The van der Waals surface area contributed by atoms with E-state index in [0.29, 0.717) is 31.3 Å². The third kappa shape index (κ3) is 2.71. The third-order valence-corrected chi connectivity index (χ3v) is 3.52. The van der Waals surface area contributed by atoms with E-state index < -0.39 is 6.10 Å². The average Bonchev–Trinajstić information content (AvgIpc) is 2.96. The van der Waals surface area contributed by atoms with Crippen molar-refractivity contribution in [1.29, 1.82) is 0 Å². The second kappa shape index (κ2) is 5.30. The van der Waals surface area contributed by atoms with Crippen molar-refractivity contribution in [1.82, 2.24) is 15.1 Å². The summed E-state index contributed by atoms with van der Waals surface area (Å²) in [7, 11) is 0. The first-order valence-electron chi connectivity index (χ1n) is 6.58. The number of nitrogens with zero attached hydrogens (tertiary/aromatic N) is 3. The van der Waals surface area contributed by atoms with Crippen LogP contribution in [0.1, 0.15) is 29.8 Å². The summed E-state index contributed by atoms with van der Waals surface area (Å²) >= 11 is 0. The zero-order valence-corrected chi connectivity index (χ0v) is 11.2. The summed E-state index contributed by atoms with van der Waals surface area (Å²) in [6.07, 6.45) is 0.156. The van der Waals surface area contributed by atoms with Crippen LogP contribution in [0, 0.1) is 12.7 Å². The van der Waals surface area contributed by atoms with Crippen molar-refractivity contribution >= 4 is 0 Å². The van der Waals surface area contributed by atoms with E-state index in [0.717, 1.165) is 5.56 Å². The van der Waals surface area contributed by atoms with E-state index >= 15 is 0 Å². The fourth-order valence-corrected chi connectivity index (χ4v) is 2.69.